The number of hydrogen-bond donors (Lipinski definition) is 2. The molecule has 1 aromatic carbocycles. The molecule has 16 heavy (non-hydrogen) atoms. The summed E-state index contributed by atoms with van der Waals surface area (Å²) in [5, 5.41) is 19.1. The number of nitrogens with zero attached hydrogens (tertiary/aromatic N) is 1. The zero-order chi connectivity index (χ0) is 11.3. The quantitative estimate of drug-likeness (QED) is 0.653. The third kappa shape index (κ3) is 1.39. The average molecular weight is 219 g/mol. The van der Waals surface area contributed by atoms with E-state index < -0.39 is 0 Å². The number of phenolic OH excluding ortho intramolecular Hbond substituents is 2. The van der Waals surface area contributed by atoms with E-state index in [4.69, 9.17) is 0 Å². The van der Waals surface area contributed by atoms with E-state index in [0.717, 1.165) is 25.4 Å². The monoisotopic (exact) mass is 219 g/mol. The lowest BCUT2D eigenvalue weighted by Gasteiger charge is -2.27. The Kier molecular flexibility index (Phi) is 2.11. The van der Waals surface area contributed by atoms with Gasteiger partial charge in [-0.2, -0.15) is 0 Å². The fourth-order valence-corrected chi connectivity index (χ4v) is 3.27. The fourth-order valence-electron chi connectivity index (χ4n) is 3.27. The zero-order valence-electron chi connectivity index (χ0n) is 9.48. The van der Waals surface area contributed by atoms with Crippen molar-refractivity contribution in [2.24, 2.45) is 5.92 Å². The highest BCUT2D eigenvalue weighted by atomic mass is 16.3. The van der Waals surface area contributed by atoms with Crippen LogP contribution in [-0.2, 0) is 6.42 Å². The Morgan fingerprint density at radius 1 is 1.19 bits per heavy atom. The molecule has 1 aliphatic carbocycles. The molecule has 2 N–H and O–H groups in total. The number of hydrogen-bond acceptors (Lipinski definition) is 3. The predicted octanol–water partition coefficient (Wildman–Crippen LogP) is 1.69. The maximum Gasteiger partial charge on any atom is 0.157 e. The average Bonchev–Trinajstić information content (AvgIpc) is 2.61. The number of benzene rings is 1. The van der Waals surface area contributed by atoms with Crippen LogP contribution >= 0.6 is 0 Å². The Morgan fingerprint density at radius 2 is 1.94 bits per heavy atom. The molecule has 2 aliphatic rings. The minimum Gasteiger partial charge on any atom is -0.504 e. The summed E-state index contributed by atoms with van der Waals surface area (Å²) in [6.07, 6.45) is 2.23. The molecule has 2 atom stereocenters. The first kappa shape index (κ1) is 9.97. The second-order valence-electron chi connectivity index (χ2n) is 5.17. The second kappa shape index (κ2) is 3.39. The van der Waals surface area contributed by atoms with Crippen molar-refractivity contribution in [1.82, 2.24) is 4.90 Å². The molecule has 2 unspecified atom stereocenters. The van der Waals surface area contributed by atoms with E-state index in [0.29, 0.717) is 5.92 Å². The predicted molar refractivity (Wildman–Crippen MR) is 61.8 cm³/mol. The van der Waals surface area contributed by atoms with Gasteiger partial charge in [-0.05, 0) is 49.1 Å². The summed E-state index contributed by atoms with van der Waals surface area (Å²) < 4.78 is 0. The second-order valence-corrected chi connectivity index (χ2v) is 5.17. The molecule has 3 heteroatoms. The van der Waals surface area contributed by atoms with Gasteiger partial charge in [-0.3, -0.25) is 0 Å². The lowest BCUT2D eigenvalue weighted by molar-refractivity contribution is 0.384. The largest absolute Gasteiger partial charge is 0.504 e. The molecular formula is C13H17NO2. The van der Waals surface area contributed by atoms with Gasteiger partial charge < -0.3 is 15.1 Å². The van der Waals surface area contributed by atoms with Crippen LogP contribution in [0, 0.1) is 5.92 Å². The van der Waals surface area contributed by atoms with E-state index in [1.807, 2.05) is 0 Å². The summed E-state index contributed by atoms with van der Waals surface area (Å²) in [5.74, 6) is 1.30. The van der Waals surface area contributed by atoms with Crippen molar-refractivity contribution in [3.8, 4) is 11.5 Å². The summed E-state index contributed by atoms with van der Waals surface area (Å²) in [7, 11) is 2.15. The zero-order valence-corrected chi connectivity index (χ0v) is 9.48. The first-order chi connectivity index (χ1) is 7.65. The molecule has 3 rings (SSSR count). The SMILES string of the molecule is CN1CC2CCc3cc(O)c(O)cc3C2C1. The highest BCUT2D eigenvalue weighted by Crippen LogP contribution is 2.44. The Morgan fingerprint density at radius 3 is 2.75 bits per heavy atom. The highest BCUT2D eigenvalue weighted by molar-refractivity contribution is 5.48. The van der Waals surface area contributed by atoms with Crippen LogP contribution in [0.3, 0.4) is 0 Å². The van der Waals surface area contributed by atoms with Gasteiger partial charge in [0, 0.05) is 19.0 Å². The summed E-state index contributed by atoms with van der Waals surface area (Å²) >= 11 is 0. The topological polar surface area (TPSA) is 43.7 Å². The van der Waals surface area contributed by atoms with E-state index in [9.17, 15) is 10.2 Å². The maximum atomic E-state index is 9.60. The summed E-state index contributed by atoms with van der Waals surface area (Å²) in [4.78, 5) is 2.36. The minimum atomic E-state index is 0.0172. The molecule has 1 aliphatic heterocycles. The van der Waals surface area contributed by atoms with E-state index in [1.165, 1.54) is 17.5 Å². The summed E-state index contributed by atoms with van der Waals surface area (Å²) in [6, 6.07) is 3.50. The minimum absolute atomic E-state index is 0.0172. The number of likely N-dealkylation sites (tertiary alicyclic amines) is 1. The van der Waals surface area contributed by atoms with Crippen molar-refractivity contribution in [3.63, 3.8) is 0 Å². The van der Waals surface area contributed by atoms with Crippen LogP contribution in [0.4, 0.5) is 0 Å². The van der Waals surface area contributed by atoms with Gasteiger partial charge >= 0.3 is 0 Å². The van der Waals surface area contributed by atoms with E-state index in [1.54, 1.807) is 12.1 Å². The van der Waals surface area contributed by atoms with Crippen molar-refractivity contribution in [2.75, 3.05) is 20.1 Å². The van der Waals surface area contributed by atoms with Gasteiger partial charge in [0.25, 0.3) is 0 Å². The fraction of sp³-hybridized carbons (Fsp3) is 0.538. The number of aryl methyl sites for hydroxylation is 1. The lowest BCUT2D eigenvalue weighted by Crippen LogP contribution is -2.18. The molecule has 1 aromatic rings. The first-order valence-electron chi connectivity index (χ1n) is 5.88. The third-order valence-corrected chi connectivity index (χ3v) is 4.04. The van der Waals surface area contributed by atoms with Crippen LogP contribution in [-0.4, -0.2) is 35.3 Å². The van der Waals surface area contributed by atoms with Crippen molar-refractivity contribution in [2.45, 2.75) is 18.8 Å². The van der Waals surface area contributed by atoms with Crippen LogP contribution in [0.15, 0.2) is 12.1 Å². The number of phenols is 2. The molecule has 0 saturated carbocycles. The highest BCUT2D eigenvalue weighted by Gasteiger charge is 2.36. The van der Waals surface area contributed by atoms with Crippen LogP contribution < -0.4 is 0 Å². The molecule has 3 nitrogen and oxygen atoms in total. The van der Waals surface area contributed by atoms with Gasteiger partial charge in [0.1, 0.15) is 0 Å². The van der Waals surface area contributed by atoms with Crippen LogP contribution in [0.2, 0.25) is 0 Å². The third-order valence-electron chi connectivity index (χ3n) is 4.04. The molecule has 1 fully saturated rings. The molecule has 0 spiro atoms. The number of likely N-dealkylation sites (N-methyl/N-ethyl adjacent to an activating group) is 1. The molecule has 1 saturated heterocycles. The number of aromatic hydroxyl groups is 2. The Bertz CT molecular complexity index is 430. The summed E-state index contributed by atoms with van der Waals surface area (Å²) in [6.45, 7) is 2.23. The van der Waals surface area contributed by atoms with E-state index in [-0.39, 0.29) is 11.5 Å². The molecule has 0 aromatic heterocycles. The van der Waals surface area contributed by atoms with Gasteiger partial charge in [-0.1, -0.05) is 0 Å². The number of rotatable bonds is 0. The van der Waals surface area contributed by atoms with Crippen molar-refractivity contribution >= 4 is 0 Å². The molecule has 86 valence electrons. The molecule has 1 heterocycles. The Labute approximate surface area is 95.3 Å². The van der Waals surface area contributed by atoms with E-state index >= 15 is 0 Å². The smallest absolute Gasteiger partial charge is 0.157 e. The lowest BCUT2D eigenvalue weighted by atomic mass is 9.77. The molecule has 0 amide bonds. The van der Waals surface area contributed by atoms with Gasteiger partial charge in [0.2, 0.25) is 0 Å². The van der Waals surface area contributed by atoms with E-state index in [2.05, 4.69) is 11.9 Å². The molecule has 0 radical (unpaired) electrons. The number of fused-ring (bicyclic) bond motifs is 3. The first-order valence-corrected chi connectivity index (χ1v) is 5.88. The van der Waals surface area contributed by atoms with Crippen LogP contribution in [0.5, 0.6) is 11.5 Å². The maximum absolute atomic E-state index is 9.60. The Hall–Kier alpha value is -1.22. The van der Waals surface area contributed by atoms with Crippen molar-refractivity contribution < 1.29 is 10.2 Å². The van der Waals surface area contributed by atoms with Gasteiger partial charge in [-0.15, -0.1) is 0 Å². The molecular weight excluding hydrogens is 202 g/mol. The van der Waals surface area contributed by atoms with Gasteiger partial charge in [0.05, 0.1) is 0 Å². The van der Waals surface area contributed by atoms with Gasteiger partial charge in [0.15, 0.2) is 11.5 Å². The van der Waals surface area contributed by atoms with Crippen LogP contribution in [0.1, 0.15) is 23.5 Å². The van der Waals surface area contributed by atoms with Crippen molar-refractivity contribution in [1.29, 1.82) is 0 Å². The normalized spacial score (nSPS) is 28.8. The van der Waals surface area contributed by atoms with Crippen molar-refractivity contribution in [3.05, 3.63) is 23.3 Å². The summed E-state index contributed by atoms with van der Waals surface area (Å²) in [5.41, 5.74) is 2.46. The standard InChI is InChI=1S/C13H17NO2/c1-14-6-9-3-2-8-4-12(15)13(16)5-10(8)11(9)7-14/h4-5,9,11,15-16H,2-3,6-7H2,1H3. The van der Waals surface area contributed by atoms with Crippen LogP contribution in [0.25, 0.3) is 0 Å². The van der Waals surface area contributed by atoms with Gasteiger partial charge in [-0.25, -0.2) is 0 Å². The Balaban J connectivity index is 2.05. The molecule has 0 bridgehead atoms.